The second-order valence-corrected chi connectivity index (χ2v) is 6.95. The minimum atomic E-state index is -0.574. The van der Waals surface area contributed by atoms with Gasteiger partial charge < -0.3 is 5.11 Å². The number of benzene rings is 2. The fraction of sp³-hybridized carbons (Fsp3) is 0.400. The highest BCUT2D eigenvalue weighted by Crippen LogP contribution is 2.38. The van der Waals surface area contributed by atoms with E-state index in [4.69, 9.17) is 23.2 Å². The van der Waals surface area contributed by atoms with Crippen molar-refractivity contribution in [2.45, 2.75) is 45.1 Å². The van der Waals surface area contributed by atoms with Crippen LogP contribution in [0.25, 0.3) is 0 Å². The van der Waals surface area contributed by atoms with Crippen LogP contribution in [0.3, 0.4) is 0 Å². The summed E-state index contributed by atoms with van der Waals surface area (Å²) in [5.74, 6) is 0.625. The summed E-state index contributed by atoms with van der Waals surface area (Å²) in [6.45, 7) is 4.41. The van der Waals surface area contributed by atoms with E-state index in [1.165, 1.54) is 0 Å². The summed E-state index contributed by atoms with van der Waals surface area (Å²) < 4.78 is 0. The van der Waals surface area contributed by atoms with Gasteiger partial charge in [-0.3, -0.25) is 0 Å². The molecule has 0 saturated heterocycles. The molecule has 0 amide bonds. The fourth-order valence-electron chi connectivity index (χ4n) is 3.06. The van der Waals surface area contributed by atoms with Crippen LogP contribution in [-0.2, 0) is 0 Å². The van der Waals surface area contributed by atoms with Crippen LogP contribution >= 0.6 is 23.2 Å². The number of hydrogen-bond acceptors (Lipinski definition) is 1. The second-order valence-electron chi connectivity index (χ2n) is 6.08. The van der Waals surface area contributed by atoms with Gasteiger partial charge in [0.2, 0.25) is 0 Å². The molecule has 0 radical (unpaired) electrons. The molecule has 0 aliphatic carbocycles. The first-order valence-corrected chi connectivity index (χ1v) is 8.99. The van der Waals surface area contributed by atoms with Crippen molar-refractivity contribution in [3.8, 4) is 0 Å². The van der Waals surface area contributed by atoms with Crippen LogP contribution in [0.2, 0.25) is 10.0 Å². The van der Waals surface area contributed by atoms with Gasteiger partial charge >= 0.3 is 0 Å². The van der Waals surface area contributed by atoms with E-state index >= 15 is 0 Å². The molecular formula is C20H24Cl2O. The predicted octanol–water partition coefficient (Wildman–Crippen LogP) is 6.64. The van der Waals surface area contributed by atoms with Gasteiger partial charge in [0.05, 0.1) is 6.10 Å². The Hall–Kier alpha value is -1.02. The lowest BCUT2D eigenvalue weighted by molar-refractivity contribution is 0.130. The third-order valence-corrected chi connectivity index (χ3v) is 5.10. The van der Waals surface area contributed by atoms with Gasteiger partial charge in [0.15, 0.2) is 0 Å². The highest BCUT2D eigenvalue weighted by Gasteiger charge is 2.25. The molecule has 3 heteroatoms. The smallest absolute Gasteiger partial charge is 0.0859 e. The summed E-state index contributed by atoms with van der Waals surface area (Å²) in [5, 5.41) is 12.3. The Labute approximate surface area is 149 Å². The normalized spacial score (nSPS) is 14.0. The summed E-state index contributed by atoms with van der Waals surface area (Å²) >= 11 is 12.1. The van der Waals surface area contributed by atoms with Gasteiger partial charge in [-0.1, -0.05) is 74.2 Å². The molecule has 2 aromatic rings. The molecule has 0 fully saturated rings. The summed E-state index contributed by atoms with van der Waals surface area (Å²) in [4.78, 5) is 0. The van der Waals surface area contributed by atoms with Crippen LogP contribution in [0.1, 0.15) is 56.3 Å². The van der Waals surface area contributed by atoms with E-state index in [1.54, 1.807) is 0 Å². The summed E-state index contributed by atoms with van der Waals surface area (Å²) in [5.41, 5.74) is 1.98. The van der Waals surface area contributed by atoms with Gasteiger partial charge in [-0.15, -0.1) is 0 Å². The maximum atomic E-state index is 11.0. The van der Waals surface area contributed by atoms with Gasteiger partial charge in [0.1, 0.15) is 0 Å². The molecule has 0 unspecified atom stereocenters. The molecule has 1 nitrogen and oxygen atoms in total. The number of rotatable bonds is 7. The first kappa shape index (κ1) is 18.3. The molecule has 2 aromatic carbocycles. The maximum Gasteiger partial charge on any atom is 0.0859 e. The zero-order chi connectivity index (χ0) is 16.8. The monoisotopic (exact) mass is 350 g/mol. The van der Waals surface area contributed by atoms with Crippen molar-refractivity contribution in [2.24, 2.45) is 5.92 Å². The zero-order valence-corrected chi connectivity index (χ0v) is 15.2. The molecule has 0 aliphatic rings. The molecule has 0 bridgehead atoms. The molecular weight excluding hydrogens is 327 g/mol. The van der Waals surface area contributed by atoms with Gasteiger partial charge in [0.25, 0.3) is 0 Å². The van der Waals surface area contributed by atoms with Crippen LogP contribution in [0.15, 0.2) is 48.5 Å². The highest BCUT2D eigenvalue weighted by molar-refractivity contribution is 6.30. The molecule has 0 aliphatic heterocycles. The fourth-order valence-corrected chi connectivity index (χ4v) is 3.39. The number of halogens is 2. The first-order valence-electron chi connectivity index (χ1n) is 8.24. The molecule has 0 saturated carbocycles. The number of aliphatic hydroxyl groups excluding tert-OH is 1. The Morgan fingerprint density at radius 1 is 0.870 bits per heavy atom. The van der Waals surface area contributed by atoms with E-state index in [9.17, 15) is 5.11 Å². The lowest BCUT2D eigenvalue weighted by Gasteiger charge is -2.27. The molecule has 0 heterocycles. The van der Waals surface area contributed by atoms with Crippen molar-refractivity contribution in [1.82, 2.24) is 0 Å². The van der Waals surface area contributed by atoms with E-state index < -0.39 is 6.10 Å². The summed E-state index contributed by atoms with van der Waals surface area (Å²) in [6, 6.07) is 15.3. The van der Waals surface area contributed by atoms with Crippen molar-refractivity contribution in [3.05, 3.63) is 69.7 Å². The molecule has 0 aromatic heterocycles. The molecule has 23 heavy (non-hydrogen) atoms. The second kappa shape index (κ2) is 8.73. The van der Waals surface area contributed by atoms with Crippen molar-refractivity contribution in [1.29, 1.82) is 0 Å². The van der Waals surface area contributed by atoms with Gasteiger partial charge in [-0.25, -0.2) is 0 Å². The maximum absolute atomic E-state index is 11.0. The standard InChI is InChI=1S/C20H24Cl2O/c1-3-14(4-2)12-19(15-8-10-17(21)11-9-15)20(23)16-6-5-7-18(22)13-16/h5-11,13-14,19-20,23H,3-4,12H2,1-2H3/t19-,20-/m1/s1. The van der Waals surface area contributed by atoms with E-state index in [-0.39, 0.29) is 5.92 Å². The third kappa shape index (κ3) is 4.97. The van der Waals surface area contributed by atoms with Crippen molar-refractivity contribution in [2.75, 3.05) is 0 Å². The highest BCUT2D eigenvalue weighted by atomic mass is 35.5. The van der Waals surface area contributed by atoms with E-state index in [2.05, 4.69) is 13.8 Å². The number of hydrogen-bond donors (Lipinski definition) is 1. The Morgan fingerprint density at radius 3 is 2.09 bits per heavy atom. The van der Waals surface area contributed by atoms with Gasteiger partial charge in [-0.05, 0) is 47.7 Å². The first-order chi connectivity index (χ1) is 11.0. The van der Waals surface area contributed by atoms with E-state index in [1.807, 2.05) is 48.5 Å². The molecule has 2 atom stereocenters. The average Bonchev–Trinajstić information content (AvgIpc) is 2.56. The molecule has 1 N–H and O–H groups in total. The Kier molecular flexibility index (Phi) is 6.95. The van der Waals surface area contributed by atoms with Crippen LogP contribution in [0.4, 0.5) is 0 Å². The lowest BCUT2D eigenvalue weighted by Crippen LogP contribution is -2.15. The summed E-state index contributed by atoms with van der Waals surface area (Å²) in [6.07, 6.45) is 2.60. The van der Waals surface area contributed by atoms with Crippen molar-refractivity contribution in [3.63, 3.8) is 0 Å². The van der Waals surface area contributed by atoms with Crippen molar-refractivity contribution >= 4 is 23.2 Å². The lowest BCUT2D eigenvalue weighted by atomic mass is 9.81. The largest absolute Gasteiger partial charge is 0.388 e. The van der Waals surface area contributed by atoms with E-state index in [0.29, 0.717) is 16.0 Å². The third-order valence-electron chi connectivity index (χ3n) is 4.61. The number of aliphatic hydroxyl groups is 1. The van der Waals surface area contributed by atoms with E-state index in [0.717, 1.165) is 30.4 Å². The zero-order valence-electron chi connectivity index (χ0n) is 13.7. The predicted molar refractivity (Wildman–Crippen MR) is 99.3 cm³/mol. The minimum Gasteiger partial charge on any atom is -0.388 e. The molecule has 124 valence electrons. The Balaban J connectivity index is 2.33. The van der Waals surface area contributed by atoms with Crippen LogP contribution in [-0.4, -0.2) is 5.11 Å². The van der Waals surface area contributed by atoms with Crippen LogP contribution in [0.5, 0.6) is 0 Å². The molecule has 2 rings (SSSR count). The Morgan fingerprint density at radius 2 is 1.52 bits per heavy atom. The topological polar surface area (TPSA) is 20.2 Å². The molecule has 0 spiro atoms. The van der Waals surface area contributed by atoms with Gasteiger partial charge in [-0.2, -0.15) is 0 Å². The SMILES string of the molecule is CCC(CC)C[C@H](c1ccc(Cl)cc1)[C@H](O)c1cccc(Cl)c1. The quantitative estimate of drug-likeness (QED) is 0.593. The van der Waals surface area contributed by atoms with Gasteiger partial charge in [0, 0.05) is 16.0 Å². The van der Waals surface area contributed by atoms with Crippen LogP contribution < -0.4 is 0 Å². The Bertz CT molecular complexity index is 605. The summed E-state index contributed by atoms with van der Waals surface area (Å²) in [7, 11) is 0. The van der Waals surface area contributed by atoms with Crippen molar-refractivity contribution < 1.29 is 5.11 Å². The van der Waals surface area contributed by atoms with Crippen LogP contribution in [0, 0.1) is 5.92 Å². The minimum absolute atomic E-state index is 0.0376. The average molecular weight is 351 g/mol.